The molecule has 1 aromatic carbocycles. The summed E-state index contributed by atoms with van der Waals surface area (Å²) in [6.07, 6.45) is 6.61. The molecule has 0 saturated carbocycles. The minimum absolute atomic E-state index is 0.770. The lowest BCUT2D eigenvalue weighted by Crippen LogP contribution is -2.39. The maximum Gasteiger partial charge on any atom is 0.0359 e. The van der Waals surface area contributed by atoms with Gasteiger partial charge in [0.2, 0.25) is 0 Å². The Hall–Kier alpha value is -1.06. The predicted octanol–water partition coefficient (Wildman–Crippen LogP) is 3.36. The Labute approximate surface area is 130 Å². The number of para-hydroxylation sites is 1. The van der Waals surface area contributed by atoms with E-state index in [1.807, 2.05) is 12.1 Å². The summed E-state index contributed by atoms with van der Waals surface area (Å²) >= 11 is 0. The maximum atomic E-state index is 6.09. The molecule has 1 heterocycles. The highest BCUT2D eigenvalue weighted by Crippen LogP contribution is 2.19. The molecule has 1 aliphatic heterocycles. The topological polar surface area (TPSA) is 32.5 Å². The number of rotatable bonds is 7. The number of anilines is 1. The molecular formula is C18H31N3. The summed E-state index contributed by atoms with van der Waals surface area (Å²) in [4.78, 5) is 5.11. The molecule has 1 fully saturated rings. The fraction of sp³-hybridized carbons (Fsp3) is 0.667. The lowest BCUT2D eigenvalue weighted by atomic mass is 10.00. The third-order valence-corrected chi connectivity index (χ3v) is 4.69. The van der Waals surface area contributed by atoms with Crippen LogP contribution in [-0.2, 0) is 6.54 Å². The summed E-state index contributed by atoms with van der Waals surface area (Å²) in [5.41, 5.74) is 8.28. The van der Waals surface area contributed by atoms with Crippen LogP contribution in [0.15, 0.2) is 24.3 Å². The Balaban J connectivity index is 1.88. The number of nitrogens with zero attached hydrogens (tertiary/aromatic N) is 2. The van der Waals surface area contributed by atoms with E-state index in [-0.39, 0.29) is 0 Å². The molecule has 1 aromatic rings. The molecular weight excluding hydrogens is 258 g/mol. The van der Waals surface area contributed by atoms with E-state index < -0.39 is 0 Å². The van der Waals surface area contributed by atoms with Crippen molar-refractivity contribution in [3.8, 4) is 0 Å². The average molecular weight is 289 g/mol. The quantitative estimate of drug-likeness (QED) is 0.781. The van der Waals surface area contributed by atoms with Gasteiger partial charge in [-0.1, -0.05) is 31.5 Å². The van der Waals surface area contributed by atoms with Gasteiger partial charge in [-0.05, 0) is 64.0 Å². The first-order valence-corrected chi connectivity index (χ1v) is 8.46. The zero-order valence-electron chi connectivity index (χ0n) is 13.7. The SMILES string of the molecule is CCCN(CCC1CCCCN1C)Cc1ccccc1N. The zero-order valence-corrected chi connectivity index (χ0v) is 13.7. The van der Waals surface area contributed by atoms with E-state index in [4.69, 9.17) is 5.73 Å². The Morgan fingerprint density at radius 3 is 2.76 bits per heavy atom. The van der Waals surface area contributed by atoms with E-state index in [0.29, 0.717) is 0 Å². The molecule has 0 aliphatic carbocycles. The van der Waals surface area contributed by atoms with Crippen LogP contribution < -0.4 is 5.73 Å². The van der Waals surface area contributed by atoms with Crippen LogP contribution in [0, 0.1) is 0 Å². The van der Waals surface area contributed by atoms with Crippen LogP contribution in [0.5, 0.6) is 0 Å². The van der Waals surface area contributed by atoms with E-state index >= 15 is 0 Å². The van der Waals surface area contributed by atoms with E-state index in [1.165, 1.54) is 50.8 Å². The average Bonchev–Trinajstić information content (AvgIpc) is 2.48. The molecule has 3 heteroatoms. The monoisotopic (exact) mass is 289 g/mol. The molecule has 1 saturated heterocycles. The normalized spacial score (nSPS) is 20.0. The summed E-state index contributed by atoms with van der Waals surface area (Å²) in [5.74, 6) is 0. The van der Waals surface area contributed by atoms with Crippen LogP contribution in [0.3, 0.4) is 0 Å². The molecule has 118 valence electrons. The van der Waals surface area contributed by atoms with Gasteiger partial charge < -0.3 is 10.6 Å². The second kappa shape index (κ2) is 8.40. The third kappa shape index (κ3) is 5.01. The van der Waals surface area contributed by atoms with Crippen LogP contribution in [0.1, 0.15) is 44.6 Å². The summed E-state index contributed by atoms with van der Waals surface area (Å²) in [7, 11) is 2.28. The van der Waals surface area contributed by atoms with Crippen LogP contribution in [-0.4, -0.2) is 42.5 Å². The summed E-state index contributed by atoms with van der Waals surface area (Å²) in [5, 5.41) is 0. The van der Waals surface area contributed by atoms with Gasteiger partial charge in [-0.25, -0.2) is 0 Å². The standard InChI is InChI=1S/C18H31N3/c1-3-12-21(15-16-8-4-5-10-18(16)19)14-11-17-9-6-7-13-20(17)2/h4-5,8,10,17H,3,6-7,9,11-15,19H2,1-2H3. The van der Waals surface area contributed by atoms with Crippen molar-refractivity contribution in [1.82, 2.24) is 9.80 Å². The van der Waals surface area contributed by atoms with Gasteiger partial charge in [-0.3, -0.25) is 4.90 Å². The summed E-state index contributed by atoms with van der Waals surface area (Å²) < 4.78 is 0. The van der Waals surface area contributed by atoms with Gasteiger partial charge >= 0.3 is 0 Å². The van der Waals surface area contributed by atoms with Gasteiger partial charge in [-0.15, -0.1) is 0 Å². The minimum Gasteiger partial charge on any atom is -0.398 e. The Kier molecular flexibility index (Phi) is 6.52. The van der Waals surface area contributed by atoms with Crippen LogP contribution in [0.25, 0.3) is 0 Å². The molecule has 0 amide bonds. The van der Waals surface area contributed by atoms with Crippen molar-refractivity contribution in [3.05, 3.63) is 29.8 Å². The number of nitrogen functional groups attached to an aromatic ring is 1. The minimum atomic E-state index is 0.770. The lowest BCUT2D eigenvalue weighted by Gasteiger charge is -2.34. The highest BCUT2D eigenvalue weighted by molar-refractivity contribution is 5.46. The molecule has 0 radical (unpaired) electrons. The first kappa shape index (κ1) is 16.3. The molecule has 0 spiro atoms. The molecule has 21 heavy (non-hydrogen) atoms. The largest absolute Gasteiger partial charge is 0.398 e. The van der Waals surface area contributed by atoms with Crippen molar-refractivity contribution in [2.75, 3.05) is 32.4 Å². The Morgan fingerprint density at radius 2 is 2.05 bits per heavy atom. The molecule has 1 aliphatic rings. The maximum absolute atomic E-state index is 6.09. The van der Waals surface area contributed by atoms with Crippen LogP contribution in [0.2, 0.25) is 0 Å². The molecule has 3 nitrogen and oxygen atoms in total. The molecule has 2 rings (SSSR count). The molecule has 1 atom stereocenters. The Bertz CT molecular complexity index is 419. The van der Waals surface area contributed by atoms with Crippen molar-refractivity contribution < 1.29 is 0 Å². The molecule has 2 N–H and O–H groups in total. The van der Waals surface area contributed by atoms with Crippen LogP contribution >= 0.6 is 0 Å². The molecule has 0 bridgehead atoms. The number of likely N-dealkylation sites (tertiary alicyclic amines) is 1. The van der Waals surface area contributed by atoms with Gasteiger partial charge in [0.25, 0.3) is 0 Å². The van der Waals surface area contributed by atoms with E-state index in [0.717, 1.165) is 24.8 Å². The van der Waals surface area contributed by atoms with E-state index in [1.54, 1.807) is 0 Å². The number of nitrogens with two attached hydrogens (primary N) is 1. The Morgan fingerprint density at radius 1 is 1.24 bits per heavy atom. The van der Waals surface area contributed by atoms with Crippen molar-refractivity contribution in [2.24, 2.45) is 0 Å². The molecule has 0 aromatic heterocycles. The summed E-state index contributed by atoms with van der Waals surface area (Å²) in [6, 6.07) is 9.04. The van der Waals surface area contributed by atoms with Gasteiger partial charge in [-0.2, -0.15) is 0 Å². The predicted molar refractivity (Wildman–Crippen MR) is 91.3 cm³/mol. The second-order valence-corrected chi connectivity index (χ2v) is 6.39. The first-order valence-electron chi connectivity index (χ1n) is 8.46. The number of hydrogen-bond acceptors (Lipinski definition) is 3. The molecule has 1 unspecified atom stereocenters. The number of hydrogen-bond donors (Lipinski definition) is 1. The van der Waals surface area contributed by atoms with Crippen LogP contribution in [0.4, 0.5) is 5.69 Å². The van der Waals surface area contributed by atoms with Crippen molar-refractivity contribution >= 4 is 5.69 Å². The summed E-state index contributed by atoms with van der Waals surface area (Å²) in [6.45, 7) is 6.84. The smallest absolute Gasteiger partial charge is 0.0359 e. The van der Waals surface area contributed by atoms with E-state index in [9.17, 15) is 0 Å². The van der Waals surface area contributed by atoms with Gasteiger partial charge in [0.05, 0.1) is 0 Å². The van der Waals surface area contributed by atoms with Crippen molar-refractivity contribution in [2.45, 2.75) is 51.6 Å². The van der Waals surface area contributed by atoms with Gasteiger partial charge in [0.15, 0.2) is 0 Å². The second-order valence-electron chi connectivity index (χ2n) is 6.39. The number of benzene rings is 1. The van der Waals surface area contributed by atoms with E-state index in [2.05, 4.69) is 35.9 Å². The number of piperidine rings is 1. The highest BCUT2D eigenvalue weighted by Gasteiger charge is 2.19. The van der Waals surface area contributed by atoms with Crippen molar-refractivity contribution in [1.29, 1.82) is 0 Å². The fourth-order valence-electron chi connectivity index (χ4n) is 3.35. The fourth-order valence-corrected chi connectivity index (χ4v) is 3.35. The zero-order chi connectivity index (χ0) is 15.1. The highest BCUT2D eigenvalue weighted by atomic mass is 15.2. The third-order valence-electron chi connectivity index (χ3n) is 4.69. The first-order chi connectivity index (χ1) is 10.2. The lowest BCUT2D eigenvalue weighted by molar-refractivity contribution is 0.151. The van der Waals surface area contributed by atoms with Crippen molar-refractivity contribution in [3.63, 3.8) is 0 Å². The van der Waals surface area contributed by atoms with Gasteiger partial charge in [0.1, 0.15) is 0 Å². The van der Waals surface area contributed by atoms with Gasteiger partial charge in [0, 0.05) is 18.3 Å².